The summed E-state index contributed by atoms with van der Waals surface area (Å²) in [6.07, 6.45) is 0.124. The fourth-order valence-electron chi connectivity index (χ4n) is 3.39. The van der Waals surface area contributed by atoms with Gasteiger partial charge < -0.3 is 10.0 Å². The molecule has 9 heteroatoms. The molecular weight excluding hydrogens is 409 g/mol. The van der Waals surface area contributed by atoms with Crippen molar-refractivity contribution in [1.29, 1.82) is 0 Å². The topological polar surface area (TPSA) is 71.2 Å². The van der Waals surface area contributed by atoms with Crippen LogP contribution in [0, 0.1) is 11.8 Å². The number of aromatic nitrogens is 3. The SMILES string of the molecule is C[C@H]1CN(c2ccc(C(F)(F)F)cc2)C(=O)c2c(C#Cc3cncc(CO)c3)cnn21. The summed E-state index contributed by atoms with van der Waals surface area (Å²) in [5.41, 5.74) is 1.46. The summed E-state index contributed by atoms with van der Waals surface area (Å²) in [4.78, 5) is 18.6. The molecule has 0 unspecified atom stereocenters. The molecule has 0 radical (unpaired) electrons. The Morgan fingerprint density at radius 1 is 1.16 bits per heavy atom. The van der Waals surface area contributed by atoms with Gasteiger partial charge >= 0.3 is 6.18 Å². The Morgan fingerprint density at radius 3 is 2.58 bits per heavy atom. The minimum Gasteiger partial charge on any atom is -0.392 e. The first-order chi connectivity index (χ1) is 14.8. The van der Waals surface area contributed by atoms with Crippen LogP contribution in [0.4, 0.5) is 18.9 Å². The lowest BCUT2D eigenvalue weighted by Crippen LogP contribution is -2.43. The van der Waals surface area contributed by atoms with E-state index in [9.17, 15) is 23.1 Å². The van der Waals surface area contributed by atoms with Crippen LogP contribution in [0.5, 0.6) is 0 Å². The Labute approximate surface area is 175 Å². The number of carbonyl (C=O) groups excluding carboxylic acids is 1. The van der Waals surface area contributed by atoms with Gasteiger partial charge in [0.05, 0.1) is 30.0 Å². The number of anilines is 1. The zero-order valence-electron chi connectivity index (χ0n) is 16.4. The van der Waals surface area contributed by atoms with Crippen LogP contribution in [-0.4, -0.2) is 32.3 Å². The predicted octanol–water partition coefficient (Wildman–Crippen LogP) is 3.41. The molecule has 0 saturated carbocycles. The Bertz CT molecular complexity index is 1190. The highest BCUT2D eigenvalue weighted by Crippen LogP contribution is 2.32. The summed E-state index contributed by atoms with van der Waals surface area (Å²) in [7, 11) is 0. The number of aliphatic hydroxyl groups is 1. The van der Waals surface area contributed by atoms with Crippen LogP contribution >= 0.6 is 0 Å². The van der Waals surface area contributed by atoms with Gasteiger partial charge in [-0.2, -0.15) is 18.3 Å². The highest BCUT2D eigenvalue weighted by Gasteiger charge is 2.34. The largest absolute Gasteiger partial charge is 0.416 e. The molecule has 0 fully saturated rings. The van der Waals surface area contributed by atoms with Gasteiger partial charge in [-0.05, 0) is 42.8 Å². The van der Waals surface area contributed by atoms with Crippen LogP contribution in [-0.2, 0) is 12.8 Å². The predicted molar refractivity (Wildman–Crippen MR) is 106 cm³/mol. The molecule has 2 aromatic heterocycles. The van der Waals surface area contributed by atoms with Crippen LogP contribution in [0.15, 0.2) is 48.9 Å². The van der Waals surface area contributed by atoms with Gasteiger partial charge in [-0.15, -0.1) is 0 Å². The first kappa shape index (κ1) is 20.6. The van der Waals surface area contributed by atoms with Gasteiger partial charge in [-0.25, -0.2) is 0 Å². The molecule has 1 aliphatic rings. The first-order valence-electron chi connectivity index (χ1n) is 9.41. The molecule has 4 rings (SSSR count). The minimum absolute atomic E-state index is 0.163. The molecule has 6 nitrogen and oxygen atoms in total. The van der Waals surface area contributed by atoms with Gasteiger partial charge in [0, 0.05) is 30.2 Å². The summed E-state index contributed by atoms with van der Waals surface area (Å²) in [5.74, 6) is 5.45. The van der Waals surface area contributed by atoms with Crippen molar-refractivity contribution in [2.75, 3.05) is 11.4 Å². The van der Waals surface area contributed by atoms with E-state index in [1.54, 1.807) is 16.9 Å². The summed E-state index contributed by atoms with van der Waals surface area (Å²) in [6.45, 7) is 1.98. The molecule has 1 amide bonds. The highest BCUT2D eigenvalue weighted by molar-refractivity contribution is 6.07. The average Bonchev–Trinajstić information content (AvgIpc) is 3.19. The van der Waals surface area contributed by atoms with Crippen molar-refractivity contribution in [1.82, 2.24) is 14.8 Å². The summed E-state index contributed by atoms with van der Waals surface area (Å²) >= 11 is 0. The van der Waals surface area contributed by atoms with Crippen molar-refractivity contribution in [2.24, 2.45) is 0 Å². The number of amides is 1. The van der Waals surface area contributed by atoms with E-state index < -0.39 is 11.7 Å². The zero-order chi connectivity index (χ0) is 22.2. The van der Waals surface area contributed by atoms with Crippen molar-refractivity contribution in [3.8, 4) is 11.8 Å². The van der Waals surface area contributed by atoms with Crippen LogP contribution in [0.2, 0.25) is 0 Å². The van der Waals surface area contributed by atoms with Gasteiger partial charge in [0.25, 0.3) is 5.91 Å². The van der Waals surface area contributed by atoms with Crippen LogP contribution < -0.4 is 4.90 Å². The second-order valence-corrected chi connectivity index (χ2v) is 7.15. The number of alkyl halides is 3. The van der Waals surface area contributed by atoms with E-state index in [4.69, 9.17) is 0 Å². The lowest BCUT2D eigenvalue weighted by Gasteiger charge is -2.32. The van der Waals surface area contributed by atoms with Crippen LogP contribution in [0.3, 0.4) is 0 Å². The van der Waals surface area contributed by atoms with E-state index in [1.165, 1.54) is 29.4 Å². The number of aliphatic hydroxyl groups excluding tert-OH is 1. The van der Waals surface area contributed by atoms with Crippen LogP contribution in [0.25, 0.3) is 0 Å². The van der Waals surface area contributed by atoms with E-state index in [-0.39, 0.29) is 30.8 Å². The molecule has 1 aliphatic heterocycles. The van der Waals surface area contributed by atoms with Crippen LogP contribution in [0.1, 0.15) is 45.7 Å². The van der Waals surface area contributed by atoms with Crippen molar-refractivity contribution in [2.45, 2.75) is 25.7 Å². The molecule has 0 aliphatic carbocycles. The average molecular weight is 426 g/mol. The number of carbonyl (C=O) groups is 1. The van der Waals surface area contributed by atoms with E-state index >= 15 is 0 Å². The molecule has 3 heterocycles. The standard InChI is InChI=1S/C22H17F3N4O2/c1-14-12-28(19-6-4-18(5-7-19)22(23,24)25)21(31)20-17(11-27-29(14)20)3-2-15-8-16(13-30)10-26-9-15/h4-11,14,30H,12-13H2,1H3/t14-/m0/s1. The molecular formula is C22H17F3N4O2. The maximum absolute atomic E-state index is 13.2. The molecule has 0 bridgehead atoms. The van der Waals surface area contributed by atoms with Crippen molar-refractivity contribution >= 4 is 11.6 Å². The Hall–Kier alpha value is -3.64. The maximum atomic E-state index is 13.2. The van der Waals surface area contributed by atoms with Crippen molar-refractivity contribution < 1.29 is 23.1 Å². The summed E-state index contributed by atoms with van der Waals surface area (Å²) < 4.78 is 40.1. The number of nitrogens with zero attached hydrogens (tertiary/aromatic N) is 4. The highest BCUT2D eigenvalue weighted by atomic mass is 19.4. The number of rotatable bonds is 2. The molecule has 1 N–H and O–H groups in total. The molecule has 1 atom stereocenters. The Kier molecular flexibility index (Phi) is 5.25. The molecule has 31 heavy (non-hydrogen) atoms. The maximum Gasteiger partial charge on any atom is 0.416 e. The zero-order valence-corrected chi connectivity index (χ0v) is 16.4. The van der Waals surface area contributed by atoms with Gasteiger partial charge in [-0.3, -0.25) is 14.5 Å². The second-order valence-electron chi connectivity index (χ2n) is 7.15. The summed E-state index contributed by atoms with van der Waals surface area (Å²) in [5, 5.41) is 13.5. The number of pyridine rings is 1. The molecule has 1 aromatic carbocycles. The summed E-state index contributed by atoms with van der Waals surface area (Å²) in [6, 6.07) is 6.00. The lowest BCUT2D eigenvalue weighted by molar-refractivity contribution is -0.137. The Balaban J connectivity index is 1.67. The normalized spacial score (nSPS) is 16.0. The molecule has 3 aromatic rings. The van der Waals surface area contributed by atoms with E-state index in [2.05, 4.69) is 21.9 Å². The third-order valence-electron chi connectivity index (χ3n) is 4.93. The van der Waals surface area contributed by atoms with E-state index in [1.807, 2.05) is 6.92 Å². The number of halogens is 3. The monoisotopic (exact) mass is 426 g/mol. The second kappa shape index (κ2) is 7.89. The fraction of sp³-hybridized carbons (Fsp3) is 0.227. The smallest absolute Gasteiger partial charge is 0.392 e. The number of hydrogen-bond donors (Lipinski definition) is 1. The number of hydrogen-bond acceptors (Lipinski definition) is 4. The molecule has 0 saturated heterocycles. The number of benzene rings is 1. The van der Waals surface area contributed by atoms with Gasteiger partial charge in [0.15, 0.2) is 0 Å². The minimum atomic E-state index is -4.44. The van der Waals surface area contributed by atoms with E-state index in [0.717, 1.165) is 12.1 Å². The van der Waals surface area contributed by atoms with Crippen molar-refractivity contribution in [3.05, 3.63) is 76.9 Å². The van der Waals surface area contributed by atoms with Gasteiger partial charge in [0.1, 0.15) is 5.69 Å². The lowest BCUT2D eigenvalue weighted by atomic mass is 10.1. The van der Waals surface area contributed by atoms with Gasteiger partial charge in [-0.1, -0.05) is 11.8 Å². The third kappa shape index (κ3) is 4.02. The Morgan fingerprint density at radius 2 is 1.90 bits per heavy atom. The molecule has 0 spiro atoms. The number of fused-ring (bicyclic) bond motifs is 1. The van der Waals surface area contributed by atoms with E-state index in [0.29, 0.717) is 22.4 Å². The quantitative estimate of drug-likeness (QED) is 0.638. The van der Waals surface area contributed by atoms with Crippen molar-refractivity contribution in [3.63, 3.8) is 0 Å². The first-order valence-corrected chi connectivity index (χ1v) is 9.41. The molecule has 158 valence electrons. The fourth-order valence-corrected chi connectivity index (χ4v) is 3.39. The third-order valence-corrected chi connectivity index (χ3v) is 4.93. The van der Waals surface area contributed by atoms with Gasteiger partial charge in [0.2, 0.25) is 0 Å².